The van der Waals surface area contributed by atoms with Crippen LogP contribution in [0.1, 0.15) is 23.2 Å². The zero-order valence-corrected chi connectivity index (χ0v) is 19.3. The van der Waals surface area contributed by atoms with Crippen molar-refractivity contribution in [3.05, 3.63) is 54.6 Å². The van der Waals surface area contributed by atoms with E-state index in [-0.39, 0.29) is 5.91 Å². The number of aromatic nitrogens is 6. The van der Waals surface area contributed by atoms with Crippen molar-refractivity contribution in [1.29, 1.82) is 0 Å². The van der Waals surface area contributed by atoms with Gasteiger partial charge in [0.15, 0.2) is 0 Å². The predicted octanol–water partition coefficient (Wildman–Crippen LogP) is 3.26. The fourth-order valence-corrected chi connectivity index (χ4v) is 4.89. The van der Waals surface area contributed by atoms with Crippen molar-refractivity contribution in [3.8, 4) is 11.4 Å². The number of carbonyl (C=O) groups is 1. The van der Waals surface area contributed by atoms with Gasteiger partial charge in [0.2, 0.25) is 0 Å². The topological polar surface area (TPSA) is 102 Å². The van der Waals surface area contributed by atoms with Gasteiger partial charge in [0.25, 0.3) is 5.91 Å². The number of piperidine rings is 1. The minimum Gasteiger partial charge on any atom is -0.307 e. The molecule has 0 bridgehead atoms. The van der Waals surface area contributed by atoms with Crippen molar-refractivity contribution < 1.29 is 4.79 Å². The van der Waals surface area contributed by atoms with Gasteiger partial charge in [0.05, 0.1) is 16.9 Å². The minimum absolute atomic E-state index is 0.210. The third-order valence-corrected chi connectivity index (χ3v) is 6.93. The quantitative estimate of drug-likeness (QED) is 0.484. The van der Waals surface area contributed by atoms with Crippen LogP contribution in [0.5, 0.6) is 0 Å². The van der Waals surface area contributed by atoms with E-state index in [4.69, 9.17) is 0 Å². The van der Waals surface area contributed by atoms with Crippen molar-refractivity contribution in [3.63, 3.8) is 0 Å². The molecule has 0 saturated carbocycles. The molecule has 4 aromatic heterocycles. The molecule has 10 heteroatoms. The number of nitrogens with zero attached hydrogens (tertiary/aromatic N) is 7. The van der Waals surface area contributed by atoms with Crippen molar-refractivity contribution >= 4 is 34.3 Å². The summed E-state index contributed by atoms with van der Waals surface area (Å²) in [6.45, 7) is 2.19. The Bertz CT molecular complexity index is 1300. The van der Waals surface area contributed by atoms with E-state index in [1.165, 1.54) is 0 Å². The first-order valence-corrected chi connectivity index (χ1v) is 11.7. The van der Waals surface area contributed by atoms with Gasteiger partial charge in [-0.1, -0.05) is 5.21 Å². The van der Waals surface area contributed by atoms with Crippen LogP contribution >= 0.6 is 11.8 Å². The fourth-order valence-electron chi connectivity index (χ4n) is 3.79. The summed E-state index contributed by atoms with van der Waals surface area (Å²) in [6.07, 6.45) is 9.21. The van der Waals surface area contributed by atoms with Gasteiger partial charge in [-0.25, -0.2) is 9.97 Å². The summed E-state index contributed by atoms with van der Waals surface area (Å²) < 4.78 is 1.63. The van der Waals surface area contributed by atoms with Crippen LogP contribution in [0, 0.1) is 0 Å². The van der Waals surface area contributed by atoms with Crippen molar-refractivity contribution in [2.45, 2.75) is 23.1 Å². The molecule has 1 fully saturated rings. The first-order chi connectivity index (χ1) is 16.0. The molecule has 0 unspecified atom stereocenters. The lowest BCUT2D eigenvalue weighted by Crippen LogP contribution is -2.31. The Hall–Kier alpha value is -3.37. The number of fused-ring (bicyclic) bond motifs is 1. The highest BCUT2D eigenvalue weighted by Gasteiger charge is 2.19. The van der Waals surface area contributed by atoms with Crippen LogP contribution in [0.3, 0.4) is 0 Å². The molecule has 5 heterocycles. The SMILES string of the molecule is CN1CCC(Sc2cc(C(=O)Nc3cc4cc(-c5cn(C)nn5)ncc4cn3)ccn2)CC1. The molecule has 0 aromatic carbocycles. The second kappa shape index (κ2) is 9.24. The van der Waals surface area contributed by atoms with Gasteiger partial charge in [0.1, 0.15) is 11.5 Å². The third-order valence-electron chi connectivity index (χ3n) is 5.66. The monoisotopic (exact) mass is 460 g/mol. The summed E-state index contributed by atoms with van der Waals surface area (Å²) in [6, 6.07) is 7.34. The number of amides is 1. The van der Waals surface area contributed by atoms with E-state index in [9.17, 15) is 4.79 Å². The van der Waals surface area contributed by atoms with Gasteiger partial charge in [-0.3, -0.25) is 14.5 Å². The maximum Gasteiger partial charge on any atom is 0.256 e. The lowest BCUT2D eigenvalue weighted by molar-refractivity contribution is 0.102. The zero-order valence-electron chi connectivity index (χ0n) is 18.5. The molecule has 168 valence electrons. The highest BCUT2D eigenvalue weighted by atomic mass is 32.2. The molecule has 1 aliphatic rings. The number of likely N-dealkylation sites (tertiary alicyclic amines) is 1. The van der Waals surface area contributed by atoms with Gasteiger partial charge in [-0.2, -0.15) is 0 Å². The number of nitrogens with one attached hydrogen (secondary N) is 1. The van der Waals surface area contributed by atoms with E-state index >= 15 is 0 Å². The summed E-state index contributed by atoms with van der Waals surface area (Å²) in [4.78, 5) is 28.5. The van der Waals surface area contributed by atoms with Gasteiger partial charge in [-0.15, -0.1) is 16.9 Å². The maximum atomic E-state index is 12.9. The molecule has 9 nitrogen and oxygen atoms in total. The highest BCUT2D eigenvalue weighted by Crippen LogP contribution is 2.29. The number of anilines is 1. The summed E-state index contributed by atoms with van der Waals surface area (Å²) in [7, 11) is 3.96. The molecule has 1 N–H and O–H groups in total. The Morgan fingerprint density at radius 1 is 1.03 bits per heavy atom. The molecule has 1 aliphatic heterocycles. The number of aryl methyl sites for hydroxylation is 1. The Morgan fingerprint density at radius 2 is 1.85 bits per heavy atom. The summed E-state index contributed by atoms with van der Waals surface area (Å²) in [5.41, 5.74) is 1.97. The Morgan fingerprint density at radius 3 is 2.64 bits per heavy atom. The zero-order chi connectivity index (χ0) is 22.8. The van der Waals surface area contributed by atoms with Crippen molar-refractivity contribution in [1.82, 2.24) is 34.8 Å². The van der Waals surface area contributed by atoms with E-state index in [1.54, 1.807) is 41.1 Å². The Kier molecular flexibility index (Phi) is 6.01. The summed E-state index contributed by atoms with van der Waals surface area (Å²) >= 11 is 1.75. The van der Waals surface area contributed by atoms with Crippen LogP contribution in [-0.2, 0) is 7.05 Å². The molecular weight excluding hydrogens is 436 g/mol. The van der Waals surface area contributed by atoms with Gasteiger partial charge < -0.3 is 10.2 Å². The standard InChI is InChI=1S/C23H24N8OS/c1-30-7-4-18(5-8-30)33-22-11-15(3-6-24-22)23(32)27-21-10-16-9-19(20-14-31(2)29-28-20)25-12-17(16)13-26-21/h3,6,9-14,18H,4-5,7-8H2,1-2H3,(H,26,27,32). The van der Waals surface area contributed by atoms with Crippen molar-refractivity contribution in [2.75, 3.05) is 25.5 Å². The van der Waals surface area contributed by atoms with Crippen molar-refractivity contribution in [2.24, 2.45) is 7.05 Å². The first kappa shape index (κ1) is 21.5. The minimum atomic E-state index is -0.210. The number of pyridine rings is 3. The smallest absolute Gasteiger partial charge is 0.256 e. The van der Waals surface area contributed by atoms with Gasteiger partial charge in [-0.05, 0) is 62.6 Å². The second-order valence-electron chi connectivity index (χ2n) is 8.22. The molecule has 0 aliphatic carbocycles. The van der Waals surface area contributed by atoms with Crippen LogP contribution in [-0.4, -0.2) is 66.1 Å². The van der Waals surface area contributed by atoms with E-state index < -0.39 is 0 Å². The van der Waals surface area contributed by atoms with Crippen LogP contribution in [0.25, 0.3) is 22.2 Å². The maximum absolute atomic E-state index is 12.9. The van der Waals surface area contributed by atoms with E-state index in [0.29, 0.717) is 28.0 Å². The van der Waals surface area contributed by atoms with Gasteiger partial charge in [0, 0.05) is 41.8 Å². The Labute approximate surface area is 195 Å². The average Bonchev–Trinajstić information content (AvgIpc) is 3.26. The average molecular weight is 461 g/mol. The number of hydrogen-bond acceptors (Lipinski definition) is 8. The number of thioether (sulfide) groups is 1. The predicted molar refractivity (Wildman–Crippen MR) is 128 cm³/mol. The lowest BCUT2D eigenvalue weighted by Gasteiger charge is -2.28. The second-order valence-corrected chi connectivity index (χ2v) is 9.54. The fraction of sp³-hybridized carbons (Fsp3) is 0.304. The summed E-state index contributed by atoms with van der Waals surface area (Å²) in [5, 5.41) is 14.2. The molecule has 0 atom stereocenters. The molecule has 1 saturated heterocycles. The normalized spacial score (nSPS) is 15.1. The molecule has 33 heavy (non-hydrogen) atoms. The van der Waals surface area contributed by atoms with Crippen LogP contribution in [0.4, 0.5) is 5.82 Å². The van der Waals surface area contributed by atoms with E-state index in [0.717, 1.165) is 41.7 Å². The molecule has 0 radical (unpaired) electrons. The molecule has 4 aromatic rings. The number of rotatable bonds is 5. The number of carbonyl (C=O) groups excluding carboxylic acids is 1. The Balaban J connectivity index is 1.31. The van der Waals surface area contributed by atoms with E-state index in [2.05, 4.69) is 42.5 Å². The lowest BCUT2D eigenvalue weighted by atomic mass is 10.1. The summed E-state index contributed by atoms with van der Waals surface area (Å²) in [5.74, 6) is 0.266. The van der Waals surface area contributed by atoms with Crippen LogP contribution < -0.4 is 5.32 Å². The third kappa shape index (κ3) is 5.01. The molecule has 0 spiro atoms. The molecular formula is C23H24N8OS. The molecule has 5 rings (SSSR count). The van der Waals surface area contributed by atoms with Crippen LogP contribution in [0.15, 0.2) is 54.1 Å². The number of hydrogen-bond donors (Lipinski definition) is 1. The first-order valence-electron chi connectivity index (χ1n) is 10.8. The van der Waals surface area contributed by atoms with Gasteiger partial charge >= 0.3 is 0 Å². The van der Waals surface area contributed by atoms with Crippen LogP contribution in [0.2, 0.25) is 0 Å². The van der Waals surface area contributed by atoms with E-state index in [1.807, 2.05) is 31.4 Å². The molecule has 1 amide bonds. The largest absolute Gasteiger partial charge is 0.307 e. The highest BCUT2D eigenvalue weighted by molar-refractivity contribution is 7.99.